The number of anilines is 1. The van der Waals surface area contributed by atoms with Crippen molar-refractivity contribution in [3.8, 4) is 0 Å². The summed E-state index contributed by atoms with van der Waals surface area (Å²) in [7, 11) is 1.52. The van der Waals surface area contributed by atoms with Crippen LogP contribution in [-0.4, -0.2) is 22.3 Å². The molecule has 0 bridgehead atoms. The molecule has 1 unspecified atom stereocenters. The average molecular weight is 300 g/mol. The molecule has 8 nitrogen and oxygen atoms in total. The lowest BCUT2D eigenvalue weighted by Gasteiger charge is -2.18. The highest BCUT2D eigenvalue weighted by Crippen LogP contribution is 2.33. The van der Waals surface area contributed by atoms with E-state index in [9.17, 15) is 10.1 Å². The third-order valence-electron chi connectivity index (χ3n) is 3.21. The van der Waals surface area contributed by atoms with Crippen LogP contribution in [0.2, 0.25) is 0 Å². The van der Waals surface area contributed by atoms with Crippen molar-refractivity contribution in [2.75, 3.05) is 12.4 Å². The highest BCUT2D eigenvalue weighted by Gasteiger charge is 2.24. The summed E-state index contributed by atoms with van der Waals surface area (Å²) in [5.41, 5.74) is 1.35. The van der Waals surface area contributed by atoms with Crippen LogP contribution in [0.25, 0.3) is 11.0 Å². The first-order valence-electron chi connectivity index (χ1n) is 6.44. The second kappa shape index (κ2) is 5.78. The summed E-state index contributed by atoms with van der Waals surface area (Å²) in [5, 5.41) is 21.6. The fourth-order valence-electron chi connectivity index (χ4n) is 2.19. The molecule has 3 aromatic rings. The lowest BCUT2D eigenvalue weighted by Crippen LogP contribution is -2.13. The predicted octanol–water partition coefficient (Wildman–Crippen LogP) is 2.89. The van der Waals surface area contributed by atoms with E-state index in [0.29, 0.717) is 5.52 Å². The van der Waals surface area contributed by atoms with Gasteiger partial charge in [-0.25, -0.2) is 4.63 Å². The van der Waals surface area contributed by atoms with Crippen molar-refractivity contribution in [3.63, 3.8) is 0 Å². The first-order chi connectivity index (χ1) is 10.7. The van der Waals surface area contributed by atoms with Crippen molar-refractivity contribution in [3.05, 3.63) is 58.1 Å². The molecule has 112 valence electrons. The van der Waals surface area contributed by atoms with Crippen molar-refractivity contribution < 1.29 is 14.3 Å². The van der Waals surface area contributed by atoms with Gasteiger partial charge >= 0.3 is 5.69 Å². The SMILES string of the molecule is COC(Nc1ccc2nonc2c1[N+](=O)[O-])c1ccccc1. The molecule has 1 aromatic heterocycles. The number of rotatable bonds is 5. The Balaban J connectivity index is 2.02. The van der Waals surface area contributed by atoms with Gasteiger partial charge in [-0.3, -0.25) is 10.1 Å². The number of nitrogens with one attached hydrogen (secondary N) is 1. The number of nitrogens with zero attached hydrogens (tertiary/aromatic N) is 3. The van der Waals surface area contributed by atoms with Gasteiger partial charge in [-0.15, -0.1) is 0 Å². The molecular weight excluding hydrogens is 288 g/mol. The molecule has 0 fully saturated rings. The maximum atomic E-state index is 11.4. The Morgan fingerprint density at radius 1 is 1.23 bits per heavy atom. The van der Waals surface area contributed by atoms with Crippen LogP contribution in [0.15, 0.2) is 47.1 Å². The van der Waals surface area contributed by atoms with Crippen LogP contribution < -0.4 is 5.32 Å². The van der Waals surface area contributed by atoms with E-state index in [1.54, 1.807) is 12.1 Å². The van der Waals surface area contributed by atoms with E-state index < -0.39 is 11.2 Å². The molecule has 0 spiro atoms. The molecule has 0 radical (unpaired) electrons. The molecule has 3 rings (SSSR count). The van der Waals surface area contributed by atoms with Gasteiger partial charge in [0.15, 0.2) is 6.23 Å². The van der Waals surface area contributed by atoms with E-state index in [-0.39, 0.29) is 16.9 Å². The molecule has 2 aromatic carbocycles. The monoisotopic (exact) mass is 300 g/mol. The second-order valence-electron chi connectivity index (χ2n) is 4.52. The molecule has 1 atom stereocenters. The molecule has 8 heteroatoms. The van der Waals surface area contributed by atoms with Gasteiger partial charge in [-0.05, 0) is 22.4 Å². The Morgan fingerprint density at radius 2 is 2.00 bits per heavy atom. The summed E-state index contributed by atoms with van der Waals surface area (Å²) in [5.74, 6) is 0. The van der Waals surface area contributed by atoms with Crippen LogP contribution in [0.3, 0.4) is 0 Å². The number of nitro groups is 1. The Hall–Kier alpha value is -3.00. The van der Waals surface area contributed by atoms with Gasteiger partial charge in [-0.1, -0.05) is 30.3 Å². The smallest absolute Gasteiger partial charge is 0.323 e. The number of methoxy groups -OCH3 is 1. The lowest BCUT2D eigenvalue weighted by atomic mass is 10.1. The summed E-state index contributed by atoms with van der Waals surface area (Å²) in [6, 6.07) is 12.5. The standard InChI is InChI=1S/C14H12N4O4/c1-21-14(9-5-3-2-4-6-9)15-11-8-7-10-12(17-22-16-10)13(11)18(19)20/h2-8,14-15H,1H3. The normalized spacial score (nSPS) is 12.2. The number of aromatic nitrogens is 2. The molecule has 0 saturated heterocycles. The first-order valence-corrected chi connectivity index (χ1v) is 6.44. The quantitative estimate of drug-likeness (QED) is 0.439. The van der Waals surface area contributed by atoms with E-state index in [4.69, 9.17) is 4.74 Å². The van der Waals surface area contributed by atoms with Crippen molar-refractivity contribution in [2.24, 2.45) is 0 Å². The Bertz CT molecular complexity index is 803. The van der Waals surface area contributed by atoms with Gasteiger partial charge in [0.05, 0.1) is 4.92 Å². The highest BCUT2D eigenvalue weighted by molar-refractivity contribution is 5.90. The predicted molar refractivity (Wildman–Crippen MR) is 78.3 cm³/mol. The fourth-order valence-corrected chi connectivity index (χ4v) is 2.19. The average Bonchev–Trinajstić information content (AvgIpc) is 3.01. The second-order valence-corrected chi connectivity index (χ2v) is 4.52. The van der Waals surface area contributed by atoms with Crippen molar-refractivity contribution in [1.82, 2.24) is 10.3 Å². The largest absolute Gasteiger partial charge is 0.357 e. The zero-order valence-corrected chi connectivity index (χ0v) is 11.6. The summed E-state index contributed by atoms with van der Waals surface area (Å²) < 4.78 is 9.94. The van der Waals surface area contributed by atoms with Gasteiger partial charge in [-0.2, -0.15) is 0 Å². The molecule has 1 heterocycles. The van der Waals surface area contributed by atoms with E-state index >= 15 is 0 Å². The van der Waals surface area contributed by atoms with Gasteiger partial charge in [0, 0.05) is 12.7 Å². The maximum absolute atomic E-state index is 11.4. The zero-order valence-electron chi connectivity index (χ0n) is 11.6. The summed E-state index contributed by atoms with van der Waals surface area (Å²) >= 11 is 0. The minimum absolute atomic E-state index is 0.0953. The fraction of sp³-hybridized carbons (Fsp3) is 0.143. The molecular formula is C14H12N4O4. The summed E-state index contributed by atoms with van der Waals surface area (Å²) in [4.78, 5) is 10.8. The lowest BCUT2D eigenvalue weighted by molar-refractivity contribution is -0.382. The van der Waals surface area contributed by atoms with Gasteiger partial charge in [0.2, 0.25) is 5.52 Å². The van der Waals surface area contributed by atoms with Crippen LogP contribution in [0.5, 0.6) is 0 Å². The van der Waals surface area contributed by atoms with E-state index in [1.807, 2.05) is 30.3 Å². The van der Waals surface area contributed by atoms with Crippen LogP contribution in [-0.2, 0) is 4.74 Å². The molecule has 0 aliphatic heterocycles. The number of ether oxygens (including phenoxy) is 1. The Labute approximate surface area is 124 Å². The summed E-state index contributed by atoms with van der Waals surface area (Å²) in [6.45, 7) is 0. The van der Waals surface area contributed by atoms with Gasteiger partial charge in [0.25, 0.3) is 0 Å². The van der Waals surface area contributed by atoms with Crippen molar-refractivity contribution >= 4 is 22.4 Å². The number of hydrogen-bond donors (Lipinski definition) is 1. The van der Waals surface area contributed by atoms with Crippen LogP contribution in [0.1, 0.15) is 11.8 Å². The van der Waals surface area contributed by atoms with Crippen molar-refractivity contribution in [1.29, 1.82) is 0 Å². The van der Waals surface area contributed by atoms with Crippen LogP contribution in [0.4, 0.5) is 11.4 Å². The Morgan fingerprint density at radius 3 is 2.68 bits per heavy atom. The number of benzene rings is 2. The molecule has 0 aliphatic carbocycles. The highest BCUT2D eigenvalue weighted by atomic mass is 16.6. The van der Waals surface area contributed by atoms with E-state index in [0.717, 1.165) is 5.56 Å². The van der Waals surface area contributed by atoms with E-state index in [1.165, 1.54) is 7.11 Å². The number of nitro benzene ring substituents is 1. The molecule has 22 heavy (non-hydrogen) atoms. The zero-order chi connectivity index (χ0) is 15.5. The minimum atomic E-state index is -0.530. The summed E-state index contributed by atoms with van der Waals surface area (Å²) in [6.07, 6.45) is -0.530. The van der Waals surface area contributed by atoms with E-state index in [2.05, 4.69) is 20.3 Å². The molecule has 0 saturated carbocycles. The van der Waals surface area contributed by atoms with Crippen LogP contribution in [0, 0.1) is 10.1 Å². The number of fused-ring (bicyclic) bond motifs is 1. The molecule has 0 aliphatic rings. The number of hydrogen-bond acceptors (Lipinski definition) is 7. The first kappa shape index (κ1) is 14.0. The molecule has 0 amide bonds. The molecule has 1 N–H and O–H groups in total. The maximum Gasteiger partial charge on any atom is 0.323 e. The van der Waals surface area contributed by atoms with Crippen molar-refractivity contribution in [2.45, 2.75) is 6.23 Å². The van der Waals surface area contributed by atoms with Gasteiger partial charge in [0.1, 0.15) is 11.2 Å². The van der Waals surface area contributed by atoms with Gasteiger partial charge < -0.3 is 10.1 Å². The third-order valence-corrected chi connectivity index (χ3v) is 3.21. The minimum Gasteiger partial charge on any atom is -0.357 e. The Kier molecular flexibility index (Phi) is 3.67. The third kappa shape index (κ3) is 2.47. The topological polar surface area (TPSA) is 103 Å². The van der Waals surface area contributed by atoms with Crippen LogP contribution >= 0.6 is 0 Å².